The lowest BCUT2D eigenvalue weighted by Crippen LogP contribution is -2.33. The number of hydrogen-bond acceptors (Lipinski definition) is 4. The zero-order chi connectivity index (χ0) is 17.6. The molecule has 0 saturated heterocycles. The Labute approximate surface area is 143 Å². The third kappa shape index (κ3) is 2.44. The van der Waals surface area contributed by atoms with Crippen molar-refractivity contribution in [1.29, 1.82) is 0 Å². The van der Waals surface area contributed by atoms with E-state index in [1.54, 1.807) is 16.8 Å². The Morgan fingerprint density at radius 3 is 2.80 bits per heavy atom. The predicted octanol–water partition coefficient (Wildman–Crippen LogP) is 3.19. The van der Waals surface area contributed by atoms with Crippen molar-refractivity contribution in [1.82, 2.24) is 14.5 Å². The summed E-state index contributed by atoms with van der Waals surface area (Å²) in [6.45, 7) is 2.32. The van der Waals surface area contributed by atoms with E-state index >= 15 is 0 Å². The second-order valence-corrected chi connectivity index (χ2v) is 5.91. The first kappa shape index (κ1) is 15.3. The minimum absolute atomic E-state index is 0.00787. The van der Waals surface area contributed by atoms with Gasteiger partial charge in [-0.25, -0.2) is 14.2 Å². The molecule has 0 amide bonds. The van der Waals surface area contributed by atoms with Crippen molar-refractivity contribution in [3.8, 4) is 5.69 Å². The highest BCUT2D eigenvalue weighted by Crippen LogP contribution is 2.40. The van der Waals surface area contributed by atoms with Crippen LogP contribution >= 0.6 is 0 Å². The van der Waals surface area contributed by atoms with Gasteiger partial charge in [-0.3, -0.25) is 9.55 Å². The van der Waals surface area contributed by atoms with Crippen LogP contribution in [0.2, 0.25) is 0 Å². The Hall–Kier alpha value is -3.22. The molecule has 7 heteroatoms. The maximum atomic E-state index is 13.9. The lowest BCUT2D eigenvalue weighted by Gasteiger charge is -2.37. The monoisotopic (exact) mass is 338 g/mol. The smallest absolute Gasteiger partial charge is 0.356 e. The molecule has 3 aromatic rings. The van der Waals surface area contributed by atoms with Gasteiger partial charge in [-0.1, -0.05) is 6.07 Å². The second kappa shape index (κ2) is 5.70. The van der Waals surface area contributed by atoms with Crippen LogP contribution < -0.4 is 4.90 Å². The van der Waals surface area contributed by atoms with Crippen molar-refractivity contribution in [3.05, 3.63) is 71.8 Å². The van der Waals surface area contributed by atoms with Crippen molar-refractivity contribution in [2.45, 2.75) is 19.5 Å². The zero-order valence-electron chi connectivity index (χ0n) is 13.4. The minimum Gasteiger partial charge on any atom is -0.476 e. The van der Waals surface area contributed by atoms with Crippen molar-refractivity contribution in [2.24, 2.45) is 0 Å². The fourth-order valence-corrected chi connectivity index (χ4v) is 3.29. The number of hydrogen-bond donors (Lipinski definition) is 1. The molecule has 0 bridgehead atoms. The van der Waals surface area contributed by atoms with Crippen LogP contribution in [0.5, 0.6) is 0 Å². The average Bonchev–Trinajstić information content (AvgIpc) is 3.05. The van der Waals surface area contributed by atoms with Gasteiger partial charge in [0.05, 0.1) is 35.3 Å². The van der Waals surface area contributed by atoms with Crippen LogP contribution in [-0.4, -0.2) is 25.6 Å². The summed E-state index contributed by atoms with van der Waals surface area (Å²) in [6, 6.07) is 9.75. The number of carboxylic acid groups (broad SMARTS) is 1. The SMILES string of the molecule is C[C@@H]1c2c(C(=O)O)ncn2-c2ccc(F)cc2N1Cc1ccccn1. The van der Waals surface area contributed by atoms with Crippen LogP contribution in [-0.2, 0) is 6.54 Å². The molecule has 25 heavy (non-hydrogen) atoms. The number of rotatable bonds is 3. The number of halogens is 1. The van der Waals surface area contributed by atoms with Gasteiger partial charge < -0.3 is 10.0 Å². The molecule has 2 aromatic heterocycles. The fourth-order valence-electron chi connectivity index (χ4n) is 3.29. The number of nitrogens with zero attached hydrogens (tertiary/aromatic N) is 4. The maximum Gasteiger partial charge on any atom is 0.356 e. The molecule has 6 nitrogen and oxygen atoms in total. The molecule has 0 aliphatic carbocycles. The van der Waals surface area contributed by atoms with E-state index in [4.69, 9.17) is 0 Å². The molecule has 0 spiro atoms. The molecular weight excluding hydrogens is 323 g/mol. The normalized spacial score (nSPS) is 15.6. The fraction of sp³-hybridized carbons (Fsp3) is 0.167. The predicted molar refractivity (Wildman–Crippen MR) is 89.3 cm³/mol. The lowest BCUT2D eigenvalue weighted by molar-refractivity contribution is 0.0689. The highest BCUT2D eigenvalue weighted by molar-refractivity contribution is 5.88. The van der Waals surface area contributed by atoms with Gasteiger partial charge in [-0.05, 0) is 37.3 Å². The van der Waals surface area contributed by atoms with Crippen LogP contribution in [0.4, 0.5) is 10.1 Å². The first-order chi connectivity index (χ1) is 12.1. The van der Waals surface area contributed by atoms with E-state index in [0.717, 1.165) is 5.69 Å². The summed E-state index contributed by atoms with van der Waals surface area (Å²) in [5.74, 6) is -1.43. The van der Waals surface area contributed by atoms with Crippen LogP contribution in [0.3, 0.4) is 0 Å². The molecule has 1 atom stereocenters. The molecule has 0 fully saturated rings. The molecule has 0 saturated carbocycles. The van der Waals surface area contributed by atoms with Gasteiger partial charge in [0, 0.05) is 6.20 Å². The summed E-state index contributed by atoms with van der Waals surface area (Å²) in [7, 11) is 0. The summed E-state index contributed by atoms with van der Waals surface area (Å²) in [5, 5.41) is 9.45. The average molecular weight is 338 g/mol. The quantitative estimate of drug-likeness (QED) is 0.794. The highest BCUT2D eigenvalue weighted by Gasteiger charge is 2.33. The van der Waals surface area contributed by atoms with Gasteiger partial charge in [0.2, 0.25) is 0 Å². The van der Waals surface area contributed by atoms with E-state index in [9.17, 15) is 14.3 Å². The van der Waals surface area contributed by atoms with E-state index in [2.05, 4.69) is 9.97 Å². The van der Waals surface area contributed by atoms with Gasteiger partial charge in [0.25, 0.3) is 0 Å². The standard InChI is InChI=1S/C18H15FN4O2/c1-11-17-16(18(24)25)21-10-23(17)14-6-5-12(19)8-15(14)22(11)9-13-4-2-3-7-20-13/h2-8,10-11H,9H2,1H3,(H,24,25)/t11-/m1/s1. The Morgan fingerprint density at radius 2 is 2.08 bits per heavy atom. The van der Waals surface area contributed by atoms with Crippen molar-refractivity contribution in [2.75, 3.05) is 4.90 Å². The summed E-state index contributed by atoms with van der Waals surface area (Å²) < 4.78 is 15.6. The minimum atomic E-state index is -1.08. The van der Waals surface area contributed by atoms with Crippen LogP contribution in [0, 0.1) is 5.82 Å². The highest BCUT2D eigenvalue weighted by atomic mass is 19.1. The zero-order valence-corrected chi connectivity index (χ0v) is 13.4. The molecule has 1 aliphatic rings. The first-order valence-electron chi connectivity index (χ1n) is 7.83. The maximum absolute atomic E-state index is 13.9. The van der Waals surface area contributed by atoms with Crippen LogP contribution in [0.25, 0.3) is 5.69 Å². The van der Waals surface area contributed by atoms with E-state index in [1.165, 1.54) is 18.5 Å². The Morgan fingerprint density at radius 1 is 1.24 bits per heavy atom. The number of anilines is 1. The molecule has 0 radical (unpaired) electrons. The van der Waals surface area contributed by atoms with Crippen molar-refractivity contribution in [3.63, 3.8) is 0 Å². The van der Waals surface area contributed by atoms with Crippen molar-refractivity contribution < 1.29 is 14.3 Å². The first-order valence-corrected chi connectivity index (χ1v) is 7.83. The van der Waals surface area contributed by atoms with Gasteiger partial charge in [-0.2, -0.15) is 0 Å². The summed E-state index contributed by atoms with van der Waals surface area (Å²) in [4.78, 5) is 21.9. The molecule has 3 heterocycles. The molecule has 1 N–H and O–H groups in total. The third-order valence-corrected chi connectivity index (χ3v) is 4.44. The van der Waals surface area contributed by atoms with Gasteiger partial charge in [0.15, 0.2) is 5.69 Å². The number of fused-ring (bicyclic) bond motifs is 3. The van der Waals surface area contributed by atoms with E-state index in [0.29, 0.717) is 23.6 Å². The van der Waals surface area contributed by atoms with E-state index in [1.807, 2.05) is 30.0 Å². The second-order valence-electron chi connectivity index (χ2n) is 5.91. The number of imidazole rings is 1. The van der Waals surface area contributed by atoms with Gasteiger partial charge in [0.1, 0.15) is 12.1 Å². The molecular formula is C18H15FN4O2. The van der Waals surface area contributed by atoms with Crippen molar-refractivity contribution >= 4 is 11.7 Å². The number of carbonyl (C=O) groups is 1. The van der Waals surface area contributed by atoms with Crippen LogP contribution in [0.15, 0.2) is 48.9 Å². The van der Waals surface area contributed by atoms with Gasteiger partial charge >= 0.3 is 5.97 Å². The van der Waals surface area contributed by atoms with Gasteiger partial charge in [-0.15, -0.1) is 0 Å². The molecule has 4 rings (SSSR count). The number of aromatic nitrogens is 3. The molecule has 1 aliphatic heterocycles. The summed E-state index contributed by atoms with van der Waals surface area (Å²) >= 11 is 0. The summed E-state index contributed by atoms with van der Waals surface area (Å²) in [6.07, 6.45) is 3.17. The summed E-state index contributed by atoms with van der Waals surface area (Å²) in [5.41, 5.74) is 2.77. The largest absolute Gasteiger partial charge is 0.476 e. The van der Waals surface area contributed by atoms with Crippen LogP contribution in [0.1, 0.15) is 34.8 Å². The molecule has 1 aromatic carbocycles. The number of pyridine rings is 1. The number of benzene rings is 1. The van der Waals surface area contributed by atoms with E-state index < -0.39 is 5.97 Å². The number of aromatic carboxylic acids is 1. The molecule has 0 unspecified atom stereocenters. The topological polar surface area (TPSA) is 71.2 Å². The third-order valence-electron chi connectivity index (χ3n) is 4.44. The molecule has 126 valence electrons. The Kier molecular flexibility index (Phi) is 3.49. The lowest BCUT2D eigenvalue weighted by atomic mass is 10.0. The Bertz CT molecular complexity index is 955. The Balaban J connectivity index is 1.89. The van der Waals surface area contributed by atoms with E-state index in [-0.39, 0.29) is 17.6 Å². The number of carboxylic acids is 1.